The minimum Gasteiger partial charge on any atom is -0.493 e. The lowest BCUT2D eigenvalue weighted by atomic mass is 9.55. The number of nitriles is 1. The number of ether oxygens (including phenoxy) is 3. The zero-order chi connectivity index (χ0) is 43.4. The topological polar surface area (TPSA) is 134 Å². The fourth-order valence-corrected chi connectivity index (χ4v) is 10.0. The molecular weight excluding hydrogens is 787 g/mol. The second kappa shape index (κ2) is 21.5. The molecule has 0 saturated heterocycles. The molecule has 1 heterocycles. The van der Waals surface area contributed by atoms with E-state index >= 15 is 0 Å². The lowest BCUT2D eigenvalue weighted by Crippen LogP contribution is -2.70. The largest absolute Gasteiger partial charge is 0.493 e. The Morgan fingerprint density at radius 3 is 2.46 bits per heavy atom. The van der Waals surface area contributed by atoms with Gasteiger partial charge in [0.1, 0.15) is 23.1 Å². The first kappa shape index (κ1) is 45.9. The second-order valence-corrected chi connectivity index (χ2v) is 18.3. The number of fused-ring (bicyclic) bond motifs is 2. The summed E-state index contributed by atoms with van der Waals surface area (Å²) >= 11 is 1.75. The molecule has 326 valence electrons. The van der Waals surface area contributed by atoms with Gasteiger partial charge < -0.3 is 34.2 Å². The van der Waals surface area contributed by atoms with E-state index in [0.717, 1.165) is 54.0 Å². The lowest BCUT2D eigenvalue weighted by molar-refractivity contribution is -0.254. The molecule has 1 amide bonds. The molecule has 2 N–H and O–H groups in total. The molecular formula is C50H63N3O7S. The molecule has 10 nitrogen and oxygen atoms in total. The van der Waals surface area contributed by atoms with Crippen LogP contribution in [-0.2, 0) is 9.57 Å². The van der Waals surface area contributed by atoms with Crippen LogP contribution in [0.4, 0.5) is 0 Å². The van der Waals surface area contributed by atoms with Crippen molar-refractivity contribution in [3.63, 3.8) is 0 Å². The molecule has 3 aliphatic rings. The Bertz CT molecular complexity index is 2020. The number of hydrogen-bond acceptors (Lipinski definition) is 10. The third-order valence-electron chi connectivity index (χ3n) is 11.8. The van der Waals surface area contributed by atoms with E-state index < -0.39 is 23.3 Å². The Morgan fingerprint density at radius 2 is 1.79 bits per heavy atom. The molecule has 2 aliphatic carbocycles. The average Bonchev–Trinajstić information content (AvgIpc) is 3.26. The third kappa shape index (κ3) is 10.9. The summed E-state index contributed by atoms with van der Waals surface area (Å²) in [6.07, 6.45) is 9.80. The zero-order valence-electron chi connectivity index (χ0n) is 36.3. The minimum atomic E-state index is -1.37. The lowest BCUT2D eigenvalue weighted by Gasteiger charge is -2.60. The fraction of sp³-hybridized carbons (Fsp3) is 0.500. The van der Waals surface area contributed by atoms with Crippen molar-refractivity contribution in [2.45, 2.75) is 107 Å². The van der Waals surface area contributed by atoms with Crippen LogP contribution in [0.3, 0.4) is 0 Å². The number of hydrogen-bond donors (Lipinski definition) is 2. The highest BCUT2D eigenvalue weighted by molar-refractivity contribution is 7.99. The number of aliphatic hydroxyl groups excluding tert-OH is 2. The Hall–Kier alpha value is -4.60. The number of thioether (sulfide) groups is 1. The van der Waals surface area contributed by atoms with Crippen molar-refractivity contribution >= 4 is 23.4 Å². The monoisotopic (exact) mass is 849 g/mol. The van der Waals surface area contributed by atoms with E-state index in [9.17, 15) is 20.3 Å². The molecule has 61 heavy (non-hydrogen) atoms. The number of unbranched alkanes of at least 4 members (excludes halogenated alkanes) is 2. The van der Waals surface area contributed by atoms with E-state index in [4.69, 9.17) is 24.2 Å². The number of amides is 1. The van der Waals surface area contributed by atoms with Crippen LogP contribution in [0, 0.1) is 29.1 Å². The van der Waals surface area contributed by atoms with Crippen molar-refractivity contribution in [1.82, 2.24) is 4.90 Å². The highest BCUT2D eigenvalue weighted by Gasteiger charge is 2.65. The molecule has 0 radical (unpaired) electrons. The first-order valence-electron chi connectivity index (χ1n) is 22.0. The molecule has 1 fully saturated rings. The first-order valence-corrected chi connectivity index (χ1v) is 22.9. The number of carbonyl (C=O) groups is 1. The van der Waals surface area contributed by atoms with Crippen LogP contribution in [0.25, 0.3) is 0 Å². The van der Waals surface area contributed by atoms with Gasteiger partial charge in [0, 0.05) is 53.9 Å². The number of oxime groups is 1. The van der Waals surface area contributed by atoms with Gasteiger partial charge in [0.2, 0.25) is 5.79 Å². The van der Waals surface area contributed by atoms with E-state index in [-0.39, 0.29) is 43.5 Å². The van der Waals surface area contributed by atoms with Gasteiger partial charge in [0.05, 0.1) is 36.5 Å². The van der Waals surface area contributed by atoms with E-state index in [1.54, 1.807) is 42.1 Å². The number of rotatable bonds is 21. The molecule has 6 unspecified atom stereocenters. The Morgan fingerprint density at radius 1 is 1.05 bits per heavy atom. The predicted octanol–water partition coefficient (Wildman–Crippen LogP) is 9.71. The molecule has 1 saturated carbocycles. The Labute approximate surface area is 366 Å². The van der Waals surface area contributed by atoms with Gasteiger partial charge in [-0.25, -0.2) is 0 Å². The highest BCUT2D eigenvalue weighted by Crippen LogP contribution is 2.62. The van der Waals surface area contributed by atoms with Gasteiger partial charge in [-0.1, -0.05) is 55.3 Å². The van der Waals surface area contributed by atoms with Crippen LogP contribution in [0.2, 0.25) is 0 Å². The maximum absolute atomic E-state index is 14.9. The van der Waals surface area contributed by atoms with Crippen molar-refractivity contribution in [3.05, 3.63) is 114 Å². The molecule has 6 rings (SSSR count). The van der Waals surface area contributed by atoms with Crippen molar-refractivity contribution in [3.8, 4) is 17.6 Å². The van der Waals surface area contributed by atoms with Crippen molar-refractivity contribution in [2.75, 3.05) is 38.7 Å². The summed E-state index contributed by atoms with van der Waals surface area (Å²) in [6.45, 7) is 13.4. The van der Waals surface area contributed by atoms with Crippen LogP contribution >= 0.6 is 11.8 Å². The summed E-state index contributed by atoms with van der Waals surface area (Å²) in [5.41, 5.74) is 3.11. The fourth-order valence-electron chi connectivity index (χ4n) is 9.26. The summed E-state index contributed by atoms with van der Waals surface area (Å²) in [4.78, 5) is 24.2. The number of nitrogens with zero attached hydrogens (tertiary/aromatic N) is 3. The number of benzene rings is 3. The van der Waals surface area contributed by atoms with E-state index in [1.165, 1.54) is 4.90 Å². The van der Waals surface area contributed by atoms with Gasteiger partial charge in [-0.3, -0.25) is 4.79 Å². The zero-order valence-corrected chi connectivity index (χ0v) is 37.1. The third-order valence-corrected chi connectivity index (χ3v) is 12.8. The number of allylic oxidation sites excluding steroid dienone is 1. The molecule has 0 spiro atoms. The van der Waals surface area contributed by atoms with Gasteiger partial charge in [-0.2, -0.15) is 5.26 Å². The molecule has 0 bridgehead atoms. The standard InChI is InChI=1S/C50H63N3O7S/c1-6-25-53(48(56)36-21-19-35(34-51)20-22-36)45-33-43(52-60-49(3,4)5)41-31-37(15-11-13-26-54)40(18-12-14-27-55)46-42-32-38(57-29-30-61-39-16-9-8-10-17-39)23-24-44(42)59-50(45,47(41)46)58-28-7-2/h7-10,16-17,19-24,31-32,37,40,45-47,54-55H,2,6,11-15,18,25-30,33H2,1,3-5H3. The molecule has 1 aliphatic heterocycles. The van der Waals surface area contributed by atoms with Crippen LogP contribution in [0.5, 0.6) is 11.5 Å². The average molecular weight is 850 g/mol. The predicted molar refractivity (Wildman–Crippen MR) is 241 cm³/mol. The minimum absolute atomic E-state index is 0.0922. The smallest absolute Gasteiger partial charge is 0.254 e. The van der Waals surface area contributed by atoms with Gasteiger partial charge in [-0.15, -0.1) is 18.3 Å². The first-order chi connectivity index (χ1) is 29.6. The highest BCUT2D eigenvalue weighted by atomic mass is 32.2. The van der Waals surface area contributed by atoms with Crippen LogP contribution in [0.1, 0.15) is 106 Å². The Kier molecular flexibility index (Phi) is 16.2. The van der Waals surface area contributed by atoms with Crippen LogP contribution in [-0.4, -0.2) is 82.9 Å². The molecule has 3 aromatic carbocycles. The van der Waals surface area contributed by atoms with Gasteiger partial charge in [0.15, 0.2) is 0 Å². The molecule has 3 aromatic rings. The number of carbonyl (C=O) groups excluding carboxylic acids is 1. The second-order valence-electron chi connectivity index (χ2n) is 17.2. The maximum atomic E-state index is 14.9. The summed E-state index contributed by atoms with van der Waals surface area (Å²) < 4.78 is 21.0. The van der Waals surface area contributed by atoms with Gasteiger partial charge >= 0.3 is 0 Å². The van der Waals surface area contributed by atoms with Crippen LogP contribution < -0.4 is 9.47 Å². The molecule has 11 heteroatoms. The maximum Gasteiger partial charge on any atom is 0.254 e. The van der Waals surface area contributed by atoms with Crippen molar-refractivity contribution in [2.24, 2.45) is 22.9 Å². The summed E-state index contributed by atoms with van der Waals surface area (Å²) in [7, 11) is 0. The Balaban J connectivity index is 1.54. The van der Waals surface area contributed by atoms with Gasteiger partial charge in [-0.05, 0) is 125 Å². The summed E-state index contributed by atoms with van der Waals surface area (Å²) in [6, 6.07) is 24.7. The molecule has 6 atom stereocenters. The quantitative estimate of drug-likeness (QED) is 0.0465. The van der Waals surface area contributed by atoms with Crippen molar-refractivity contribution < 1.29 is 34.1 Å². The SMILES string of the molecule is C=CCOC12Oc3ccc(OCCSc4ccccc4)cc3C3C(CCCCO)C(CCCCO)C=C(C(=NOC(C)(C)C)CC1N(CCC)C(=O)c1ccc(C#N)cc1)C32. The number of aliphatic hydroxyl groups is 2. The van der Waals surface area contributed by atoms with Crippen LogP contribution in [0.15, 0.2) is 107 Å². The van der Waals surface area contributed by atoms with E-state index in [1.807, 2.05) is 56.0 Å². The normalized spacial score (nSPS) is 23.5. The van der Waals surface area contributed by atoms with Gasteiger partial charge in [0.25, 0.3) is 5.91 Å². The molecule has 0 aromatic heterocycles. The summed E-state index contributed by atoms with van der Waals surface area (Å²) in [5, 5.41) is 34.4. The van der Waals surface area contributed by atoms with E-state index in [2.05, 4.69) is 43.8 Å². The van der Waals surface area contributed by atoms with Crippen molar-refractivity contribution in [1.29, 1.82) is 5.26 Å². The summed E-state index contributed by atoms with van der Waals surface area (Å²) in [5.74, 6) is 0.264. The van der Waals surface area contributed by atoms with E-state index in [0.29, 0.717) is 55.7 Å².